The molecule has 0 saturated heterocycles. The molecule has 1 atom stereocenters. The van der Waals surface area contributed by atoms with E-state index in [0.29, 0.717) is 18.7 Å². The molecule has 0 fully saturated rings. The maximum absolute atomic E-state index is 12.1. The molecule has 0 radical (unpaired) electrons. The highest BCUT2D eigenvalue weighted by Crippen LogP contribution is 2.18. The molecular formula is C17H22N2O3. The van der Waals surface area contributed by atoms with Gasteiger partial charge >= 0.3 is 0 Å². The molecule has 1 heterocycles. The van der Waals surface area contributed by atoms with Gasteiger partial charge in [-0.2, -0.15) is 0 Å². The zero-order valence-corrected chi connectivity index (χ0v) is 12.8. The summed E-state index contributed by atoms with van der Waals surface area (Å²) >= 11 is 0. The minimum Gasteiger partial charge on any atom is -0.396 e. The molecule has 5 heteroatoms. The average Bonchev–Trinajstić information content (AvgIpc) is 3.04. The fourth-order valence-electron chi connectivity index (χ4n) is 2.39. The number of rotatable bonds is 8. The molecule has 2 N–H and O–H groups in total. The first-order valence-corrected chi connectivity index (χ1v) is 7.65. The largest absolute Gasteiger partial charge is 0.396 e. The van der Waals surface area contributed by atoms with E-state index in [1.165, 1.54) is 0 Å². The van der Waals surface area contributed by atoms with Crippen molar-refractivity contribution in [3.8, 4) is 11.3 Å². The van der Waals surface area contributed by atoms with Crippen LogP contribution in [0.2, 0.25) is 0 Å². The van der Waals surface area contributed by atoms with E-state index in [-0.39, 0.29) is 24.2 Å². The lowest BCUT2D eigenvalue weighted by atomic mass is 10.0. The van der Waals surface area contributed by atoms with Gasteiger partial charge in [0, 0.05) is 24.8 Å². The fourth-order valence-corrected chi connectivity index (χ4v) is 2.39. The minimum absolute atomic E-state index is 0.140. The standard InChI is InChI=1S/C17H22N2O3/c1-2-6-13(9-10-20)12-18-17(21)16-11-15(19-22-16)14-7-4-3-5-8-14/h3-5,7-8,11,13,20H,2,6,9-10,12H2,1H3,(H,18,21). The smallest absolute Gasteiger partial charge is 0.289 e. The molecule has 0 saturated carbocycles. The van der Waals surface area contributed by atoms with Crippen LogP contribution in [-0.4, -0.2) is 29.3 Å². The van der Waals surface area contributed by atoms with E-state index in [0.717, 1.165) is 18.4 Å². The molecule has 0 aliphatic rings. The van der Waals surface area contributed by atoms with E-state index in [1.54, 1.807) is 6.07 Å². The zero-order chi connectivity index (χ0) is 15.8. The average molecular weight is 302 g/mol. The van der Waals surface area contributed by atoms with Gasteiger partial charge in [-0.15, -0.1) is 0 Å². The molecule has 1 amide bonds. The molecule has 118 valence electrons. The molecule has 0 bridgehead atoms. The first-order valence-electron chi connectivity index (χ1n) is 7.65. The minimum atomic E-state index is -0.270. The molecule has 0 aliphatic carbocycles. The Morgan fingerprint density at radius 1 is 1.32 bits per heavy atom. The van der Waals surface area contributed by atoms with E-state index in [1.807, 2.05) is 30.3 Å². The SMILES string of the molecule is CCCC(CCO)CNC(=O)c1cc(-c2ccccc2)no1. The third kappa shape index (κ3) is 4.43. The zero-order valence-electron chi connectivity index (χ0n) is 12.8. The molecule has 1 aromatic heterocycles. The second kappa shape index (κ2) is 8.34. The van der Waals surface area contributed by atoms with Crippen molar-refractivity contribution in [2.75, 3.05) is 13.2 Å². The predicted octanol–water partition coefficient (Wildman–Crippen LogP) is 2.87. The summed E-state index contributed by atoms with van der Waals surface area (Å²) in [5.74, 6) is 0.224. The Hall–Kier alpha value is -2.14. The Kier molecular flexibility index (Phi) is 6.15. The summed E-state index contributed by atoms with van der Waals surface area (Å²) in [6, 6.07) is 11.2. The number of benzene rings is 1. The predicted molar refractivity (Wildman–Crippen MR) is 84.4 cm³/mol. The van der Waals surface area contributed by atoms with Crippen LogP contribution in [0.5, 0.6) is 0 Å². The molecular weight excluding hydrogens is 280 g/mol. The van der Waals surface area contributed by atoms with Crippen molar-refractivity contribution in [2.24, 2.45) is 5.92 Å². The van der Waals surface area contributed by atoms with Crippen molar-refractivity contribution >= 4 is 5.91 Å². The van der Waals surface area contributed by atoms with Crippen LogP contribution >= 0.6 is 0 Å². The van der Waals surface area contributed by atoms with Gasteiger partial charge < -0.3 is 14.9 Å². The van der Waals surface area contributed by atoms with Crippen LogP contribution < -0.4 is 5.32 Å². The quantitative estimate of drug-likeness (QED) is 0.786. The van der Waals surface area contributed by atoms with E-state index < -0.39 is 0 Å². The van der Waals surface area contributed by atoms with Gasteiger partial charge in [-0.25, -0.2) is 0 Å². The number of aliphatic hydroxyl groups is 1. The summed E-state index contributed by atoms with van der Waals surface area (Å²) in [5, 5.41) is 15.8. The summed E-state index contributed by atoms with van der Waals surface area (Å²) in [6.45, 7) is 2.77. The number of nitrogens with one attached hydrogen (secondary N) is 1. The topological polar surface area (TPSA) is 75.4 Å². The van der Waals surface area contributed by atoms with Crippen LogP contribution in [-0.2, 0) is 0 Å². The highest BCUT2D eigenvalue weighted by Gasteiger charge is 2.15. The van der Waals surface area contributed by atoms with Crippen LogP contribution in [0.15, 0.2) is 40.9 Å². The number of aliphatic hydroxyl groups excluding tert-OH is 1. The Labute approximate surface area is 130 Å². The second-order valence-electron chi connectivity index (χ2n) is 5.32. The molecule has 2 rings (SSSR count). The molecule has 0 spiro atoms. The number of amides is 1. The van der Waals surface area contributed by atoms with Crippen LogP contribution in [0.25, 0.3) is 11.3 Å². The van der Waals surface area contributed by atoms with Crippen LogP contribution in [0.3, 0.4) is 0 Å². The van der Waals surface area contributed by atoms with Crippen molar-refractivity contribution in [1.82, 2.24) is 10.5 Å². The van der Waals surface area contributed by atoms with Gasteiger partial charge in [0.15, 0.2) is 0 Å². The molecule has 1 aromatic carbocycles. The summed E-state index contributed by atoms with van der Waals surface area (Å²) in [4.78, 5) is 12.1. The second-order valence-corrected chi connectivity index (χ2v) is 5.32. The third-order valence-corrected chi connectivity index (χ3v) is 3.59. The number of carbonyl (C=O) groups excluding carboxylic acids is 1. The lowest BCUT2D eigenvalue weighted by Crippen LogP contribution is -2.29. The third-order valence-electron chi connectivity index (χ3n) is 3.59. The van der Waals surface area contributed by atoms with Crippen molar-refractivity contribution in [3.63, 3.8) is 0 Å². The maximum atomic E-state index is 12.1. The first-order chi connectivity index (χ1) is 10.7. The van der Waals surface area contributed by atoms with Crippen LogP contribution in [0, 0.1) is 5.92 Å². The first kappa shape index (κ1) is 16.2. The van der Waals surface area contributed by atoms with Crippen molar-refractivity contribution in [1.29, 1.82) is 0 Å². The van der Waals surface area contributed by atoms with Crippen molar-refractivity contribution < 1.29 is 14.4 Å². The number of hydrogen-bond acceptors (Lipinski definition) is 4. The number of nitrogens with zero attached hydrogens (tertiary/aromatic N) is 1. The summed E-state index contributed by atoms with van der Waals surface area (Å²) in [6.07, 6.45) is 2.70. The van der Waals surface area contributed by atoms with Gasteiger partial charge in [0.2, 0.25) is 5.76 Å². The summed E-state index contributed by atoms with van der Waals surface area (Å²) < 4.78 is 5.12. The number of carbonyl (C=O) groups is 1. The summed E-state index contributed by atoms with van der Waals surface area (Å²) in [7, 11) is 0. The van der Waals surface area contributed by atoms with Crippen LogP contribution in [0.1, 0.15) is 36.7 Å². The van der Waals surface area contributed by atoms with Crippen LogP contribution in [0.4, 0.5) is 0 Å². The van der Waals surface area contributed by atoms with Gasteiger partial charge in [-0.3, -0.25) is 4.79 Å². The lowest BCUT2D eigenvalue weighted by molar-refractivity contribution is 0.0906. The van der Waals surface area contributed by atoms with E-state index >= 15 is 0 Å². The molecule has 1 unspecified atom stereocenters. The Morgan fingerprint density at radius 3 is 2.77 bits per heavy atom. The van der Waals surface area contributed by atoms with Gasteiger partial charge in [0.25, 0.3) is 5.91 Å². The lowest BCUT2D eigenvalue weighted by Gasteiger charge is -2.14. The van der Waals surface area contributed by atoms with Gasteiger partial charge in [-0.1, -0.05) is 48.8 Å². The Bertz CT molecular complexity index is 575. The van der Waals surface area contributed by atoms with Crippen molar-refractivity contribution in [2.45, 2.75) is 26.2 Å². The highest BCUT2D eigenvalue weighted by atomic mass is 16.5. The van der Waals surface area contributed by atoms with E-state index in [2.05, 4.69) is 17.4 Å². The van der Waals surface area contributed by atoms with E-state index in [4.69, 9.17) is 9.63 Å². The maximum Gasteiger partial charge on any atom is 0.289 e. The molecule has 5 nitrogen and oxygen atoms in total. The van der Waals surface area contributed by atoms with E-state index in [9.17, 15) is 4.79 Å². The molecule has 2 aromatic rings. The summed E-state index contributed by atoms with van der Waals surface area (Å²) in [5.41, 5.74) is 1.56. The normalized spacial score (nSPS) is 12.1. The highest BCUT2D eigenvalue weighted by molar-refractivity contribution is 5.92. The van der Waals surface area contributed by atoms with Gasteiger partial charge in [0.05, 0.1) is 0 Å². The number of aromatic nitrogens is 1. The number of hydrogen-bond donors (Lipinski definition) is 2. The van der Waals surface area contributed by atoms with Crippen molar-refractivity contribution in [3.05, 3.63) is 42.2 Å². The Morgan fingerprint density at radius 2 is 2.09 bits per heavy atom. The van der Waals surface area contributed by atoms with Gasteiger partial charge in [-0.05, 0) is 18.8 Å². The fraction of sp³-hybridized carbons (Fsp3) is 0.412. The van der Waals surface area contributed by atoms with Gasteiger partial charge in [0.1, 0.15) is 5.69 Å². The Balaban J connectivity index is 1.94. The molecule has 0 aliphatic heterocycles. The molecule has 22 heavy (non-hydrogen) atoms. The monoisotopic (exact) mass is 302 g/mol.